The Bertz CT molecular complexity index is 1680. The minimum absolute atomic E-state index is 0.108. The lowest BCUT2D eigenvalue weighted by Crippen LogP contribution is -2.36. The molecule has 2 unspecified atom stereocenters. The molecule has 0 radical (unpaired) electrons. The van der Waals surface area contributed by atoms with Gasteiger partial charge in [-0.3, -0.25) is 4.79 Å². The molecule has 2 atom stereocenters. The van der Waals surface area contributed by atoms with Gasteiger partial charge in [0.05, 0.1) is 36.6 Å². The van der Waals surface area contributed by atoms with Crippen LogP contribution in [0.2, 0.25) is 0 Å². The average Bonchev–Trinajstić information content (AvgIpc) is 3.37. The summed E-state index contributed by atoms with van der Waals surface area (Å²) < 4.78 is 41.8. The molecule has 0 saturated carbocycles. The quantitative estimate of drug-likeness (QED) is 0.394. The van der Waals surface area contributed by atoms with Crippen molar-refractivity contribution in [3.63, 3.8) is 0 Å². The fourth-order valence-corrected chi connectivity index (χ4v) is 7.03. The number of ether oxygens (including phenoxy) is 2. The molecule has 40 heavy (non-hydrogen) atoms. The van der Waals surface area contributed by atoms with E-state index in [4.69, 9.17) is 9.47 Å². The van der Waals surface area contributed by atoms with Crippen LogP contribution in [-0.2, 0) is 39.1 Å². The molecule has 11 heteroatoms. The third-order valence-corrected chi connectivity index (χ3v) is 9.61. The van der Waals surface area contributed by atoms with Crippen LogP contribution < -0.4 is 4.74 Å². The van der Waals surface area contributed by atoms with Crippen molar-refractivity contribution in [1.82, 2.24) is 19.3 Å². The van der Waals surface area contributed by atoms with E-state index in [9.17, 15) is 18.3 Å². The number of nitrogens with zero attached hydrogens (tertiary/aromatic N) is 4. The van der Waals surface area contributed by atoms with Gasteiger partial charge in [-0.2, -0.15) is 4.31 Å². The van der Waals surface area contributed by atoms with Crippen molar-refractivity contribution >= 4 is 27.0 Å². The van der Waals surface area contributed by atoms with E-state index in [-0.39, 0.29) is 17.9 Å². The molecule has 9 bridgehead atoms. The highest BCUT2D eigenvalue weighted by Crippen LogP contribution is 2.36. The maximum absolute atomic E-state index is 13.5. The molecule has 0 spiro atoms. The normalized spacial score (nSPS) is 20.7. The minimum Gasteiger partial charge on any atom is -0.491 e. The Morgan fingerprint density at radius 1 is 1.02 bits per heavy atom. The summed E-state index contributed by atoms with van der Waals surface area (Å²) in [6.07, 6.45) is 0.470. The van der Waals surface area contributed by atoms with Gasteiger partial charge in [0, 0.05) is 19.0 Å². The molecule has 5 aliphatic rings. The molecule has 10 nitrogen and oxygen atoms in total. The molecule has 1 aromatic heterocycles. The zero-order valence-corrected chi connectivity index (χ0v) is 22.9. The minimum atomic E-state index is -3.73. The number of carboxylic acids is 1. The second kappa shape index (κ2) is 10.6. The number of sulfonamides is 1. The Morgan fingerprint density at radius 2 is 1.85 bits per heavy atom. The van der Waals surface area contributed by atoms with Gasteiger partial charge in [-0.1, -0.05) is 29.5 Å². The number of aliphatic carboxylic acids is 1. The standard InChI is InChI=1S/C29H30N4O6S/c1-19-25-8-9-27-29(19)30-31-33(27)12-13-38-14-15-39-23-4-6-24(7-5-23)40(36,37)32-11-10-20-2-3-21(16-22(20)18-32)26(25)17-28(34)35/h2-9,16,26H,10-15,17-18H2,1H3,(H,34,35). The number of carboxylic acid groups (broad SMARTS) is 1. The zero-order chi connectivity index (χ0) is 27.9. The highest BCUT2D eigenvalue weighted by molar-refractivity contribution is 7.89. The molecular weight excluding hydrogens is 532 g/mol. The maximum Gasteiger partial charge on any atom is 0.304 e. The molecule has 0 aliphatic carbocycles. The van der Waals surface area contributed by atoms with Gasteiger partial charge in [0.25, 0.3) is 0 Å². The van der Waals surface area contributed by atoms with Crippen LogP contribution in [0.4, 0.5) is 0 Å². The van der Waals surface area contributed by atoms with Crippen molar-refractivity contribution in [1.29, 1.82) is 0 Å². The Hall–Kier alpha value is -3.80. The first-order valence-corrected chi connectivity index (χ1v) is 14.7. The molecule has 208 valence electrons. The Kier molecular flexibility index (Phi) is 7.03. The molecule has 9 rings (SSSR count). The van der Waals surface area contributed by atoms with E-state index < -0.39 is 21.9 Å². The molecule has 0 saturated heterocycles. The molecule has 3 aromatic carbocycles. The van der Waals surface area contributed by atoms with Crippen molar-refractivity contribution in [2.24, 2.45) is 0 Å². The van der Waals surface area contributed by atoms with Gasteiger partial charge >= 0.3 is 5.97 Å². The van der Waals surface area contributed by atoms with E-state index in [1.165, 1.54) is 4.31 Å². The number of carbonyl (C=O) groups is 1. The Labute approximate surface area is 232 Å². The molecule has 1 N–H and O–H groups in total. The largest absolute Gasteiger partial charge is 0.491 e. The zero-order valence-electron chi connectivity index (χ0n) is 22.1. The SMILES string of the molecule is Cc1c2ccc3c1nnn3CCOCCOc1ccc(cc1)S(=O)(=O)N1CCc3ccc(cc3C1)C2CC(=O)O. The summed E-state index contributed by atoms with van der Waals surface area (Å²) in [5.41, 5.74) is 6.08. The first-order chi connectivity index (χ1) is 19.3. The van der Waals surface area contributed by atoms with Crippen LogP contribution in [0.25, 0.3) is 11.0 Å². The smallest absolute Gasteiger partial charge is 0.304 e. The van der Waals surface area contributed by atoms with Crippen molar-refractivity contribution in [3.05, 3.63) is 82.4 Å². The third kappa shape index (κ3) is 4.96. The van der Waals surface area contributed by atoms with Gasteiger partial charge in [0.1, 0.15) is 17.9 Å². The summed E-state index contributed by atoms with van der Waals surface area (Å²) in [5.74, 6) is -0.782. The Morgan fingerprint density at radius 3 is 2.65 bits per heavy atom. The lowest BCUT2D eigenvalue weighted by atomic mass is 9.83. The van der Waals surface area contributed by atoms with Gasteiger partial charge in [0.15, 0.2) is 0 Å². The summed E-state index contributed by atoms with van der Waals surface area (Å²) in [4.78, 5) is 12.2. The highest BCUT2D eigenvalue weighted by atomic mass is 32.2. The van der Waals surface area contributed by atoms with Crippen LogP contribution in [0.5, 0.6) is 5.75 Å². The van der Waals surface area contributed by atoms with Crippen LogP contribution >= 0.6 is 0 Å². The summed E-state index contributed by atoms with van der Waals surface area (Å²) >= 11 is 0. The number of rotatable bonds is 2. The summed E-state index contributed by atoms with van der Waals surface area (Å²) in [5, 5.41) is 18.6. The topological polar surface area (TPSA) is 124 Å². The average molecular weight is 563 g/mol. The Balaban J connectivity index is 1.44. The van der Waals surface area contributed by atoms with Gasteiger partial charge in [0.2, 0.25) is 10.0 Å². The number of aryl methyl sites for hydroxylation is 1. The molecule has 6 heterocycles. The third-order valence-electron chi connectivity index (χ3n) is 7.75. The van der Waals surface area contributed by atoms with Crippen LogP contribution in [-0.4, -0.2) is 65.2 Å². The molecule has 5 aliphatic heterocycles. The summed E-state index contributed by atoms with van der Waals surface area (Å²) in [6.45, 7) is 4.12. The van der Waals surface area contributed by atoms with Gasteiger partial charge in [-0.15, -0.1) is 5.10 Å². The maximum atomic E-state index is 13.5. The fourth-order valence-electron chi connectivity index (χ4n) is 5.61. The number of hydrogen-bond donors (Lipinski definition) is 1. The lowest BCUT2D eigenvalue weighted by molar-refractivity contribution is -0.137. The number of hydrogen-bond acceptors (Lipinski definition) is 7. The van der Waals surface area contributed by atoms with Gasteiger partial charge in [-0.05, 0) is 71.5 Å². The molecule has 0 fully saturated rings. The molecule has 0 amide bonds. The van der Waals surface area contributed by atoms with Gasteiger partial charge in [-0.25, -0.2) is 13.1 Å². The number of aromatic nitrogens is 3. The molecular formula is C29H30N4O6S. The van der Waals surface area contributed by atoms with Crippen molar-refractivity contribution in [2.45, 2.75) is 43.7 Å². The monoisotopic (exact) mass is 562 g/mol. The highest BCUT2D eigenvalue weighted by Gasteiger charge is 2.30. The van der Waals surface area contributed by atoms with E-state index in [0.717, 1.165) is 38.9 Å². The van der Waals surface area contributed by atoms with Crippen molar-refractivity contribution in [2.75, 3.05) is 26.4 Å². The summed E-state index contributed by atoms with van der Waals surface area (Å²) in [7, 11) is -3.73. The number of benzene rings is 3. The lowest BCUT2D eigenvalue weighted by Gasteiger charge is -2.29. The van der Waals surface area contributed by atoms with Crippen molar-refractivity contribution < 1.29 is 27.8 Å². The summed E-state index contributed by atoms with van der Waals surface area (Å²) in [6, 6.07) is 16.2. The van der Waals surface area contributed by atoms with E-state index in [2.05, 4.69) is 10.3 Å². The first-order valence-electron chi connectivity index (χ1n) is 13.3. The van der Waals surface area contributed by atoms with Gasteiger partial charge < -0.3 is 14.6 Å². The van der Waals surface area contributed by atoms with Crippen LogP contribution in [0.15, 0.2) is 59.5 Å². The van der Waals surface area contributed by atoms with E-state index in [1.54, 1.807) is 28.9 Å². The second-order valence-electron chi connectivity index (χ2n) is 10.2. The van der Waals surface area contributed by atoms with Crippen LogP contribution in [0, 0.1) is 6.92 Å². The fraction of sp³-hybridized carbons (Fsp3) is 0.345. The van der Waals surface area contributed by atoms with E-state index in [0.29, 0.717) is 45.1 Å². The van der Waals surface area contributed by atoms with Crippen LogP contribution in [0.1, 0.15) is 40.2 Å². The van der Waals surface area contributed by atoms with Crippen molar-refractivity contribution in [3.8, 4) is 5.75 Å². The van der Waals surface area contributed by atoms with Crippen LogP contribution in [0.3, 0.4) is 0 Å². The van der Waals surface area contributed by atoms with E-state index >= 15 is 0 Å². The first kappa shape index (κ1) is 26.4. The van der Waals surface area contributed by atoms with E-state index in [1.807, 2.05) is 37.3 Å². The molecule has 4 aromatic rings. The predicted molar refractivity (Wildman–Crippen MR) is 147 cm³/mol. The second-order valence-corrected chi connectivity index (χ2v) is 12.1. The predicted octanol–water partition coefficient (Wildman–Crippen LogP) is 3.50.